The summed E-state index contributed by atoms with van der Waals surface area (Å²) >= 11 is 0. The van der Waals surface area contributed by atoms with Crippen molar-refractivity contribution in [1.29, 1.82) is 0 Å². The summed E-state index contributed by atoms with van der Waals surface area (Å²) in [5, 5.41) is 0. The monoisotopic (exact) mass is 248 g/mol. The van der Waals surface area contributed by atoms with Crippen molar-refractivity contribution in [3.05, 3.63) is 29.8 Å². The summed E-state index contributed by atoms with van der Waals surface area (Å²) < 4.78 is 20.3. The average Bonchev–Trinajstić information content (AvgIpc) is 3.12. The van der Waals surface area contributed by atoms with E-state index in [2.05, 4.69) is 9.72 Å². The van der Waals surface area contributed by atoms with Crippen molar-refractivity contribution in [1.82, 2.24) is 9.55 Å². The van der Waals surface area contributed by atoms with Gasteiger partial charge in [0, 0.05) is 6.04 Å². The zero-order chi connectivity index (χ0) is 12.7. The number of benzene rings is 1. The van der Waals surface area contributed by atoms with Crippen LogP contribution in [-0.4, -0.2) is 22.6 Å². The highest BCUT2D eigenvalue weighted by atomic mass is 19.1. The van der Waals surface area contributed by atoms with Crippen molar-refractivity contribution in [3.63, 3.8) is 0 Å². The Morgan fingerprint density at radius 1 is 1.56 bits per heavy atom. The topological polar surface area (TPSA) is 44.1 Å². The van der Waals surface area contributed by atoms with E-state index in [-0.39, 0.29) is 18.2 Å². The van der Waals surface area contributed by atoms with Crippen LogP contribution in [0.1, 0.15) is 24.7 Å². The Morgan fingerprint density at radius 3 is 3.00 bits per heavy atom. The van der Waals surface area contributed by atoms with Crippen molar-refractivity contribution in [2.45, 2.75) is 25.3 Å². The standard InChI is InChI=1S/C13H13FN2O2/c1-18-12(17)7-11-15-13-9(14)3-2-4-10(13)16(11)8-5-6-8/h2-4,8H,5-7H2,1H3. The Bertz CT molecular complexity index is 617. The fraction of sp³-hybridized carbons (Fsp3) is 0.385. The molecule has 5 heteroatoms. The lowest BCUT2D eigenvalue weighted by Crippen LogP contribution is -2.10. The van der Waals surface area contributed by atoms with Gasteiger partial charge in [-0.3, -0.25) is 4.79 Å². The predicted molar refractivity (Wildman–Crippen MR) is 63.7 cm³/mol. The van der Waals surface area contributed by atoms with Crippen molar-refractivity contribution >= 4 is 17.0 Å². The number of methoxy groups -OCH3 is 1. The van der Waals surface area contributed by atoms with Gasteiger partial charge in [0.25, 0.3) is 0 Å². The molecule has 1 aliphatic carbocycles. The number of ether oxygens (including phenoxy) is 1. The summed E-state index contributed by atoms with van der Waals surface area (Å²) in [4.78, 5) is 15.6. The normalized spacial score (nSPS) is 15.0. The molecule has 0 N–H and O–H groups in total. The van der Waals surface area contributed by atoms with E-state index in [0.717, 1.165) is 18.4 Å². The summed E-state index contributed by atoms with van der Waals surface area (Å²) in [6, 6.07) is 5.23. The molecule has 1 aromatic carbocycles. The van der Waals surface area contributed by atoms with Gasteiger partial charge in [-0.05, 0) is 25.0 Å². The molecule has 0 radical (unpaired) electrons. The van der Waals surface area contributed by atoms with Crippen LogP contribution < -0.4 is 0 Å². The number of hydrogen-bond donors (Lipinski definition) is 0. The second-order valence-corrected chi connectivity index (χ2v) is 4.49. The Kier molecular flexibility index (Phi) is 2.54. The third-order valence-electron chi connectivity index (χ3n) is 3.19. The molecule has 4 nitrogen and oxygen atoms in total. The van der Waals surface area contributed by atoms with E-state index in [1.54, 1.807) is 6.07 Å². The van der Waals surface area contributed by atoms with Gasteiger partial charge in [0.05, 0.1) is 12.6 Å². The van der Waals surface area contributed by atoms with Crippen LogP contribution in [0.3, 0.4) is 0 Å². The van der Waals surface area contributed by atoms with E-state index in [1.165, 1.54) is 13.2 Å². The van der Waals surface area contributed by atoms with Gasteiger partial charge in [0.15, 0.2) is 5.82 Å². The minimum atomic E-state index is -0.354. The first-order valence-electron chi connectivity index (χ1n) is 5.93. The van der Waals surface area contributed by atoms with Gasteiger partial charge in [-0.25, -0.2) is 9.37 Å². The number of halogens is 1. The number of carbonyl (C=O) groups is 1. The number of nitrogens with zero attached hydrogens (tertiary/aromatic N) is 2. The van der Waals surface area contributed by atoms with Crippen LogP contribution >= 0.6 is 0 Å². The van der Waals surface area contributed by atoms with Crippen LogP contribution in [0.4, 0.5) is 4.39 Å². The average molecular weight is 248 g/mol. The molecule has 18 heavy (non-hydrogen) atoms. The van der Waals surface area contributed by atoms with Crippen molar-refractivity contribution < 1.29 is 13.9 Å². The number of esters is 1. The SMILES string of the molecule is COC(=O)Cc1nc2c(F)cccc2n1C1CC1. The highest BCUT2D eigenvalue weighted by Gasteiger charge is 2.29. The molecule has 0 aliphatic heterocycles. The maximum atomic E-state index is 13.7. The summed E-state index contributed by atoms with van der Waals surface area (Å²) in [6.07, 6.45) is 2.19. The third-order valence-corrected chi connectivity index (χ3v) is 3.19. The quantitative estimate of drug-likeness (QED) is 0.782. The molecule has 1 saturated carbocycles. The van der Waals surface area contributed by atoms with Crippen molar-refractivity contribution in [2.75, 3.05) is 7.11 Å². The molecule has 1 aromatic heterocycles. The highest BCUT2D eigenvalue weighted by molar-refractivity contribution is 5.79. The number of aromatic nitrogens is 2. The molecule has 1 fully saturated rings. The molecule has 0 amide bonds. The van der Waals surface area contributed by atoms with Gasteiger partial charge >= 0.3 is 5.97 Å². The van der Waals surface area contributed by atoms with Gasteiger partial charge in [-0.1, -0.05) is 6.07 Å². The zero-order valence-electron chi connectivity index (χ0n) is 10.0. The second-order valence-electron chi connectivity index (χ2n) is 4.49. The molecule has 2 aromatic rings. The first-order valence-corrected chi connectivity index (χ1v) is 5.93. The van der Waals surface area contributed by atoms with Gasteiger partial charge < -0.3 is 9.30 Å². The number of hydrogen-bond acceptors (Lipinski definition) is 3. The largest absolute Gasteiger partial charge is 0.469 e. The fourth-order valence-corrected chi connectivity index (χ4v) is 2.20. The number of carbonyl (C=O) groups excluding carboxylic acids is 1. The van der Waals surface area contributed by atoms with Crippen LogP contribution in [0.5, 0.6) is 0 Å². The number of rotatable bonds is 3. The Labute approximate surface area is 103 Å². The summed E-state index contributed by atoms with van der Waals surface area (Å²) in [5.41, 5.74) is 1.10. The summed E-state index contributed by atoms with van der Waals surface area (Å²) in [6.45, 7) is 0. The van der Waals surface area contributed by atoms with Crippen LogP contribution in [-0.2, 0) is 16.0 Å². The number of imidazole rings is 1. The second kappa shape index (κ2) is 4.08. The van der Waals surface area contributed by atoms with E-state index in [9.17, 15) is 9.18 Å². The molecule has 94 valence electrons. The molecule has 1 heterocycles. The van der Waals surface area contributed by atoms with E-state index in [0.29, 0.717) is 17.4 Å². The Balaban J connectivity index is 2.14. The van der Waals surface area contributed by atoms with Crippen LogP contribution in [0.2, 0.25) is 0 Å². The molecule has 0 spiro atoms. The zero-order valence-corrected chi connectivity index (χ0v) is 10.0. The lowest BCUT2D eigenvalue weighted by atomic mass is 10.3. The maximum absolute atomic E-state index is 13.7. The van der Waals surface area contributed by atoms with Gasteiger partial charge in [-0.2, -0.15) is 0 Å². The fourth-order valence-electron chi connectivity index (χ4n) is 2.20. The van der Waals surface area contributed by atoms with Crippen LogP contribution in [0.25, 0.3) is 11.0 Å². The molecule has 0 unspecified atom stereocenters. The maximum Gasteiger partial charge on any atom is 0.313 e. The lowest BCUT2D eigenvalue weighted by molar-refractivity contribution is -0.139. The summed E-state index contributed by atoms with van der Waals surface area (Å²) in [7, 11) is 1.34. The van der Waals surface area contributed by atoms with E-state index < -0.39 is 0 Å². The molecular weight excluding hydrogens is 235 g/mol. The van der Waals surface area contributed by atoms with Gasteiger partial charge in [0.2, 0.25) is 0 Å². The van der Waals surface area contributed by atoms with Crippen LogP contribution in [0.15, 0.2) is 18.2 Å². The molecular formula is C13H13FN2O2. The highest BCUT2D eigenvalue weighted by Crippen LogP contribution is 2.39. The number of fused-ring (bicyclic) bond motifs is 1. The summed E-state index contributed by atoms with van der Waals surface area (Å²) in [5.74, 6) is -0.116. The minimum absolute atomic E-state index is 0.0844. The van der Waals surface area contributed by atoms with E-state index in [4.69, 9.17) is 0 Å². The first kappa shape index (κ1) is 11.2. The molecule has 3 rings (SSSR count). The van der Waals surface area contributed by atoms with Gasteiger partial charge in [-0.15, -0.1) is 0 Å². The van der Waals surface area contributed by atoms with E-state index >= 15 is 0 Å². The Hall–Kier alpha value is -1.91. The van der Waals surface area contributed by atoms with Crippen molar-refractivity contribution in [2.24, 2.45) is 0 Å². The molecule has 0 saturated heterocycles. The lowest BCUT2D eigenvalue weighted by Gasteiger charge is -2.06. The van der Waals surface area contributed by atoms with Crippen molar-refractivity contribution in [3.8, 4) is 0 Å². The van der Waals surface area contributed by atoms with Gasteiger partial charge in [0.1, 0.15) is 17.8 Å². The third kappa shape index (κ3) is 1.75. The first-order chi connectivity index (χ1) is 8.70. The van der Waals surface area contributed by atoms with Crippen LogP contribution in [0, 0.1) is 5.82 Å². The molecule has 1 aliphatic rings. The molecule has 0 bridgehead atoms. The Morgan fingerprint density at radius 2 is 2.33 bits per heavy atom. The van der Waals surface area contributed by atoms with E-state index in [1.807, 2.05) is 10.6 Å². The minimum Gasteiger partial charge on any atom is -0.469 e. The number of para-hydroxylation sites is 1. The predicted octanol–water partition coefficient (Wildman–Crippen LogP) is 2.23. The smallest absolute Gasteiger partial charge is 0.313 e. The molecule has 0 atom stereocenters.